The van der Waals surface area contributed by atoms with Crippen LogP contribution >= 0.6 is 0 Å². The molecule has 0 radical (unpaired) electrons. The number of rotatable bonds is 4. The van der Waals surface area contributed by atoms with E-state index in [2.05, 4.69) is 10.1 Å². The van der Waals surface area contributed by atoms with Crippen LogP contribution in [0.3, 0.4) is 0 Å². The highest BCUT2D eigenvalue weighted by Gasteiger charge is 2.28. The Hall–Kier alpha value is -2.37. The maximum absolute atomic E-state index is 12.6. The lowest BCUT2D eigenvalue weighted by atomic mass is 9.95. The molecule has 0 saturated carbocycles. The van der Waals surface area contributed by atoms with E-state index < -0.39 is 0 Å². The molecule has 1 amide bonds. The lowest BCUT2D eigenvalue weighted by Crippen LogP contribution is -2.38. The summed E-state index contributed by atoms with van der Waals surface area (Å²) in [6, 6.07) is 7.84. The lowest BCUT2D eigenvalue weighted by molar-refractivity contribution is -0.136. The summed E-state index contributed by atoms with van der Waals surface area (Å²) in [4.78, 5) is 18.5. The third-order valence-corrected chi connectivity index (χ3v) is 3.98. The number of fused-ring (bicyclic) bond motifs is 1. The number of benzene rings is 1. The van der Waals surface area contributed by atoms with Crippen molar-refractivity contribution in [3.8, 4) is 5.75 Å². The zero-order valence-electron chi connectivity index (χ0n) is 13.7. The second-order valence-electron chi connectivity index (χ2n) is 6.22. The second kappa shape index (κ2) is 6.40. The van der Waals surface area contributed by atoms with Gasteiger partial charge in [0, 0.05) is 13.0 Å². The van der Waals surface area contributed by atoms with Crippen LogP contribution in [-0.2, 0) is 17.8 Å². The summed E-state index contributed by atoms with van der Waals surface area (Å²) in [6.45, 7) is 4.72. The fraction of sp³-hybridized carbons (Fsp3) is 0.471. The Morgan fingerprint density at radius 2 is 2.17 bits per heavy atom. The molecule has 0 bridgehead atoms. The van der Waals surface area contributed by atoms with Gasteiger partial charge < -0.3 is 14.2 Å². The summed E-state index contributed by atoms with van der Waals surface area (Å²) >= 11 is 0. The number of carbonyl (C=O) groups excluding carboxylic acids is 1. The number of para-hydroxylation sites is 1. The quantitative estimate of drug-likeness (QED) is 0.866. The Bertz CT molecular complexity index is 696. The van der Waals surface area contributed by atoms with Gasteiger partial charge in [-0.3, -0.25) is 4.79 Å². The Morgan fingerprint density at radius 1 is 1.39 bits per heavy atom. The molecular formula is C17H21N3O3. The van der Waals surface area contributed by atoms with Gasteiger partial charge in [0.1, 0.15) is 12.4 Å². The van der Waals surface area contributed by atoms with Crippen molar-refractivity contribution in [2.45, 2.75) is 32.7 Å². The van der Waals surface area contributed by atoms with E-state index in [9.17, 15) is 4.79 Å². The average Bonchev–Trinajstić information content (AvgIpc) is 3.02. The number of nitrogens with zero attached hydrogens (tertiary/aromatic N) is 3. The summed E-state index contributed by atoms with van der Waals surface area (Å²) < 4.78 is 10.9. The van der Waals surface area contributed by atoms with Gasteiger partial charge in [-0.2, -0.15) is 4.98 Å². The van der Waals surface area contributed by atoms with Crippen LogP contribution in [0.5, 0.6) is 5.75 Å². The van der Waals surface area contributed by atoms with Crippen molar-refractivity contribution in [1.82, 2.24) is 15.0 Å². The maximum Gasteiger partial charge on any atom is 0.246 e. The Morgan fingerprint density at radius 3 is 2.91 bits per heavy atom. The third kappa shape index (κ3) is 3.36. The zero-order chi connectivity index (χ0) is 16.4. The molecule has 6 nitrogen and oxygen atoms in total. The summed E-state index contributed by atoms with van der Waals surface area (Å²) in [6.07, 6.45) is 0.695. The highest BCUT2D eigenvalue weighted by Crippen LogP contribution is 2.27. The first-order chi connectivity index (χ1) is 11.0. The molecule has 1 atom stereocenters. The van der Waals surface area contributed by atoms with Crippen molar-refractivity contribution in [2.24, 2.45) is 5.92 Å². The van der Waals surface area contributed by atoms with Gasteiger partial charge in [-0.05, 0) is 18.1 Å². The molecule has 0 spiro atoms. The number of carbonyl (C=O) groups is 1. The van der Waals surface area contributed by atoms with E-state index in [1.54, 1.807) is 11.9 Å². The summed E-state index contributed by atoms with van der Waals surface area (Å²) in [7, 11) is 1.75. The molecule has 23 heavy (non-hydrogen) atoms. The zero-order valence-corrected chi connectivity index (χ0v) is 13.7. The van der Waals surface area contributed by atoms with Crippen LogP contribution in [0, 0.1) is 5.92 Å². The minimum atomic E-state index is -0.178. The standard InChI is InChI=1S/C17H21N3O3/c1-11(2)16-18-15(23-19-16)9-20(3)17(21)13-8-12-6-4-5-7-14(12)22-10-13/h4-7,11,13H,8-10H2,1-3H3/t13-/m1/s1. The van der Waals surface area contributed by atoms with Crippen LogP contribution in [0.1, 0.15) is 37.0 Å². The molecule has 1 aliphatic rings. The first-order valence-corrected chi connectivity index (χ1v) is 7.82. The first-order valence-electron chi connectivity index (χ1n) is 7.82. The predicted molar refractivity (Wildman–Crippen MR) is 84.0 cm³/mol. The fourth-order valence-electron chi connectivity index (χ4n) is 2.65. The van der Waals surface area contributed by atoms with Crippen molar-refractivity contribution in [3.63, 3.8) is 0 Å². The number of ether oxygens (including phenoxy) is 1. The van der Waals surface area contributed by atoms with Crippen LogP contribution in [0.25, 0.3) is 0 Å². The predicted octanol–water partition coefficient (Wildman–Crippen LogP) is 2.40. The monoisotopic (exact) mass is 315 g/mol. The molecule has 0 saturated heterocycles. The largest absolute Gasteiger partial charge is 0.492 e. The molecule has 0 fully saturated rings. The number of aromatic nitrogens is 2. The van der Waals surface area contributed by atoms with E-state index in [0.717, 1.165) is 11.3 Å². The molecule has 0 N–H and O–H groups in total. The van der Waals surface area contributed by atoms with Crippen molar-refractivity contribution in [2.75, 3.05) is 13.7 Å². The van der Waals surface area contributed by atoms with Gasteiger partial charge in [-0.1, -0.05) is 37.2 Å². The van der Waals surface area contributed by atoms with E-state index in [4.69, 9.17) is 9.26 Å². The van der Waals surface area contributed by atoms with E-state index in [1.165, 1.54) is 0 Å². The van der Waals surface area contributed by atoms with E-state index >= 15 is 0 Å². The van der Waals surface area contributed by atoms with Gasteiger partial charge >= 0.3 is 0 Å². The van der Waals surface area contributed by atoms with Crippen molar-refractivity contribution in [3.05, 3.63) is 41.5 Å². The highest BCUT2D eigenvalue weighted by atomic mass is 16.5. The van der Waals surface area contributed by atoms with E-state index in [1.807, 2.05) is 38.1 Å². The first kappa shape index (κ1) is 15.5. The maximum atomic E-state index is 12.6. The SMILES string of the molecule is CC(C)c1noc(CN(C)C(=O)[C@H]2COc3ccccc3C2)n1. The Balaban J connectivity index is 1.63. The Kier molecular flexibility index (Phi) is 4.32. The minimum Gasteiger partial charge on any atom is -0.492 e. The molecule has 0 unspecified atom stereocenters. The lowest BCUT2D eigenvalue weighted by Gasteiger charge is -2.27. The van der Waals surface area contributed by atoms with E-state index in [0.29, 0.717) is 31.3 Å². The van der Waals surface area contributed by atoms with Crippen molar-refractivity contribution >= 4 is 5.91 Å². The number of amides is 1. The molecule has 1 aromatic carbocycles. The molecule has 122 valence electrons. The summed E-state index contributed by atoms with van der Waals surface area (Å²) in [5.41, 5.74) is 1.07. The van der Waals surface area contributed by atoms with Gasteiger partial charge in [0.25, 0.3) is 0 Å². The van der Waals surface area contributed by atoms with Gasteiger partial charge in [0.15, 0.2) is 5.82 Å². The molecule has 1 aliphatic heterocycles. The number of hydrogen-bond donors (Lipinski definition) is 0. The normalized spacial score (nSPS) is 16.8. The fourth-order valence-corrected chi connectivity index (χ4v) is 2.65. The molecule has 2 aromatic rings. The van der Waals surface area contributed by atoms with Gasteiger partial charge in [0.05, 0.1) is 12.5 Å². The van der Waals surface area contributed by atoms with Gasteiger partial charge in [-0.15, -0.1) is 0 Å². The third-order valence-electron chi connectivity index (χ3n) is 3.98. The smallest absolute Gasteiger partial charge is 0.246 e. The summed E-state index contributed by atoms with van der Waals surface area (Å²) in [5, 5.41) is 3.92. The van der Waals surface area contributed by atoms with Crippen molar-refractivity contribution < 1.29 is 14.1 Å². The number of hydrogen-bond acceptors (Lipinski definition) is 5. The van der Waals surface area contributed by atoms with Gasteiger partial charge in [0.2, 0.25) is 11.8 Å². The van der Waals surface area contributed by atoms with Crippen LogP contribution in [0.4, 0.5) is 0 Å². The molecule has 1 aromatic heterocycles. The van der Waals surface area contributed by atoms with Crippen molar-refractivity contribution in [1.29, 1.82) is 0 Å². The molecule has 0 aliphatic carbocycles. The highest BCUT2D eigenvalue weighted by molar-refractivity contribution is 5.79. The van der Waals surface area contributed by atoms with Crippen LogP contribution in [-0.4, -0.2) is 34.6 Å². The van der Waals surface area contributed by atoms with Crippen LogP contribution in [0.15, 0.2) is 28.8 Å². The minimum absolute atomic E-state index is 0.0313. The second-order valence-corrected chi connectivity index (χ2v) is 6.22. The molecular weight excluding hydrogens is 294 g/mol. The molecule has 2 heterocycles. The molecule has 6 heteroatoms. The van der Waals surface area contributed by atoms with Crippen LogP contribution < -0.4 is 4.74 Å². The van der Waals surface area contributed by atoms with Crippen LogP contribution in [0.2, 0.25) is 0 Å². The Labute approximate surface area is 135 Å². The average molecular weight is 315 g/mol. The van der Waals surface area contributed by atoms with E-state index in [-0.39, 0.29) is 17.7 Å². The molecule has 3 rings (SSSR count). The summed E-state index contributed by atoms with van der Waals surface area (Å²) in [5.74, 6) is 2.05. The van der Waals surface area contributed by atoms with Gasteiger partial charge in [-0.25, -0.2) is 0 Å². The topological polar surface area (TPSA) is 68.5 Å².